The summed E-state index contributed by atoms with van der Waals surface area (Å²) in [6.07, 6.45) is 3.90. The topological polar surface area (TPSA) is 80.6 Å². The molecule has 1 aromatic heterocycles. The highest BCUT2D eigenvalue weighted by molar-refractivity contribution is 5.93. The molecule has 1 fully saturated rings. The normalized spacial score (nSPS) is 18.7. The lowest BCUT2D eigenvalue weighted by atomic mass is 10.2. The van der Waals surface area contributed by atoms with Gasteiger partial charge >= 0.3 is 0 Å². The van der Waals surface area contributed by atoms with Crippen molar-refractivity contribution >= 4 is 17.9 Å². The van der Waals surface area contributed by atoms with Crippen molar-refractivity contribution in [3.8, 4) is 0 Å². The lowest BCUT2D eigenvalue weighted by Crippen LogP contribution is -2.45. The van der Waals surface area contributed by atoms with Crippen LogP contribution in [0, 0.1) is 6.92 Å². The quantitative estimate of drug-likeness (QED) is 0.628. The van der Waals surface area contributed by atoms with Gasteiger partial charge in [-0.1, -0.05) is 0 Å². The summed E-state index contributed by atoms with van der Waals surface area (Å²) < 4.78 is 10.4. The van der Waals surface area contributed by atoms with Crippen LogP contribution in [-0.2, 0) is 14.3 Å². The molecule has 2 rings (SSSR count). The summed E-state index contributed by atoms with van der Waals surface area (Å²) >= 11 is 0. The van der Waals surface area contributed by atoms with Crippen LogP contribution in [0.3, 0.4) is 0 Å². The van der Waals surface area contributed by atoms with Crippen LogP contribution in [0.25, 0.3) is 6.08 Å². The molecule has 1 saturated heterocycles. The van der Waals surface area contributed by atoms with Crippen molar-refractivity contribution < 1.29 is 18.7 Å². The van der Waals surface area contributed by atoms with E-state index in [4.69, 9.17) is 9.15 Å². The molecule has 2 amide bonds. The molecule has 1 aliphatic rings. The van der Waals surface area contributed by atoms with Gasteiger partial charge in [0, 0.05) is 12.7 Å². The number of rotatable bonds is 3. The Morgan fingerprint density at radius 2 is 2.21 bits per heavy atom. The number of ether oxygens (including phenoxy) is 1. The highest BCUT2D eigenvalue weighted by Crippen LogP contribution is 2.11. The monoisotopic (exact) mass is 264 g/mol. The lowest BCUT2D eigenvalue weighted by Gasteiger charge is -2.09. The minimum Gasteiger partial charge on any atom is -0.462 e. The Morgan fingerprint density at radius 1 is 1.37 bits per heavy atom. The van der Waals surface area contributed by atoms with Gasteiger partial charge in [0.25, 0.3) is 11.8 Å². The van der Waals surface area contributed by atoms with Crippen molar-refractivity contribution in [1.82, 2.24) is 10.9 Å². The first-order valence-electron chi connectivity index (χ1n) is 6.11. The Bertz CT molecular complexity index is 487. The summed E-state index contributed by atoms with van der Waals surface area (Å²) in [5, 5.41) is 0. The van der Waals surface area contributed by atoms with E-state index in [0.717, 1.165) is 12.2 Å². The standard InChI is InChI=1S/C13H16N2O4/c1-9-4-5-10(19-9)6-7-12(16)14-15-13(17)11-3-2-8-18-11/h4-7,11H,2-3,8H2,1H3,(H,14,16)(H,15,17)/b7-6+. The second-order valence-electron chi connectivity index (χ2n) is 4.26. The maximum Gasteiger partial charge on any atom is 0.267 e. The molecular weight excluding hydrogens is 248 g/mol. The van der Waals surface area contributed by atoms with Gasteiger partial charge in [0.1, 0.15) is 17.6 Å². The van der Waals surface area contributed by atoms with Crippen LogP contribution in [0.5, 0.6) is 0 Å². The molecule has 0 radical (unpaired) electrons. The first kappa shape index (κ1) is 13.4. The minimum absolute atomic E-state index is 0.326. The molecular formula is C13H16N2O4. The average Bonchev–Trinajstić information content (AvgIpc) is 3.04. The minimum atomic E-state index is -0.461. The molecule has 0 spiro atoms. The van der Waals surface area contributed by atoms with Crippen molar-refractivity contribution in [2.45, 2.75) is 25.9 Å². The molecule has 0 aromatic carbocycles. The van der Waals surface area contributed by atoms with E-state index in [9.17, 15) is 9.59 Å². The van der Waals surface area contributed by atoms with Crippen LogP contribution in [0.15, 0.2) is 22.6 Å². The third-order valence-corrected chi connectivity index (χ3v) is 2.69. The van der Waals surface area contributed by atoms with E-state index in [0.29, 0.717) is 18.8 Å². The predicted octanol–water partition coefficient (Wildman–Crippen LogP) is 0.928. The largest absolute Gasteiger partial charge is 0.462 e. The molecule has 2 N–H and O–H groups in total. The molecule has 1 aliphatic heterocycles. The number of aryl methyl sites for hydroxylation is 1. The SMILES string of the molecule is Cc1ccc(/C=C/C(=O)NNC(=O)C2CCCO2)o1. The molecule has 2 heterocycles. The number of furan rings is 1. The molecule has 0 saturated carbocycles. The highest BCUT2D eigenvalue weighted by Gasteiger charge is 2.23. The van der Waals surface area contributed by atoms with E-state index in [1.807, 2.05) is 6.92 Å². The lowest BCUT2D eigenvalue weighted by molar-refractivity contribution is -0.133. The Morgan fingerprint density at radius 3 is 2.84 bits per heavy atom. The smallest absolute Gasteiger partial charge is 0.267 e. The molecule has 0 aliphatic carbocycles. The first-order valence-corrected chi connectivity index (χ1v) is 6.11. The Hall–Kier alpha value is -2.08. The van der Waals surface area contributed by atoms with Crippen molar-refractivity contribution in [2.24, 2.45) is 0 Å². The summed E-state index contributed by atoms with van der Waals surface area (Å²) in [5.41, 5.74) is 4.61. The van der Waals surface area contributed by atoms with Gasteiger partial charge in [-0.3, -0.25) is 20.4 Å². The first-order chi connectivity index (χ1) is 9.15. The van der Waals surface area contributed by atoms with Crippen LogP contribution in [-0.4, -0.2) is 24.5 Å². The van der Waals surface area contributed by atoms with Crippen molar-refractivity contribution in [3.05, 3.63) is 29.7 Å². The number of hydrogen-bond acceptors (Lipinski definition) is 4. The molecule has 1 atom stereocenters. The van der Waals surface area contributed by atoms with E-state index in [2.05, 4.69) is 10.9 Å². The Labute approximate surface area is 110 Å². The third kappa shape index (κ3) is 3.96. The van der Waals surface area contributed by atoms with E-state index < -0.39 is 12.0 Å². The van der Waals surface area contributed by atoms with Gasteiger partial charge in [-0.05, 0) is 38.0 Å². The van der Waals surface area contributed by atoms with Crippen LogP contribution in [0.4, 0.5) is 0 Å². The zero-order chi connectivity index (χ0) is 13.7. The average molecular weight is 264 g/mol. The molecule has 102 valence electrons. The van der Waals surface area contributed by atoms with Gasteiger partial charge in [-0.15, -0.1) is 0 Å². The fraction of sp³-hybridized carbons (Fsp3) is 0.385. The van der Waals surface area contributed by atoms with Crippen LogP contribution in [0.2, 0.25) is 0 Å². The zero-order valence-electron chi connectivity index (χ0n) is 10.6. The predicted molar refractivity (Wildman–Crippen MR) is 67.7 cm³/mol. The van der Waals surface area contributed by atoms with Gasteiger partial charge in [0.2, 0.25) is 0 Å². The van der Waals surface area contributed by atoms with Gasteiger partial charge in [-0.25, -0.2) is 0 Å². The van der Waals surface area contributed by atoms with Crippen molar-refractivity contribution in [2.75, 3.05) is 6.61 Å². The zero-order valence-corrected chi connectivity index (χ0v) is 10.6. The molecule has 6 heteroatoms. The number of carbonyl (C=O) groups is 2. The number of hydrogen-bond donors (Lipinski definition) is 2. The van der Waals surface area contributed by atoms with E-state index in [1.54, 1.807) is 12.1 Å². The summed E-state index contributed by atoms with van der Waals surface area (Å²) in [6.45, 7) is 2.41. The van der Waals surface area contributed by atoms with Gasteiger partial charge in [0.05, 0.1) is 0 Å². The third-order valence-electron chi connectivity index (χ3n) is 2.69. The van der Waals surface area contributed by atoms with Gasteiger partial charge in [-0.2, -0.15) is 0 Å². The summed E-state index contributed by atoms with van der Waals surface area (Å²) in [4.78, 5) is 23.0. The number of hydrazine groups is 1. The Kier molecular flexibility index (Phi) is 4.35. The molecule has 1 unspecified atom stereocenters. The van der Waals surface area contributed by atoms with Crippen LogP contribution >= 0.6 is 0 Å². The molecule has 6 nitrogen and oxygen atoms in total. The second kappa shape index (κ2) is 6.19. The fourth-order valence-corrected chi connectivity index (χ4v) is 1.73. The van der Waals surface area contributed by atoms with Crippen molar-refractivity contribution in [1.29, 1.82) is 0 Å². The maximum atomic E-state index is 11.5. The van der Waals surface area contributed by atoms with Crippen molar-refractivity contribution in [3.63, 3.8) is 0 Å². The maximum absolute atomic E-state index is 11.5. The fourth-order valence-electron chi connectivity index (χ4n) is 1.73. The summed E-state index contributed by atoms with van der Waals surface area (Å²) in [6, 6.07) is 3.56. The van der Waals surface area contributed by atoms with Crippen LogP contribution < -0.4 is 10.9 Å². The second-order valence-corrected chi connectivity index (χ2v) is 4.26. The Balaban J connectivity index is 1.75. The van der Waals surface area contributed by atoms with E-state index in [1.165, 1.54) is 12.2 Å². The molecule has 19 heavy (non-hydrogen) atoms. The number of nitrogens with one attached hydrogen (secondary N) is 2. The van der Waals surface area contributed by atoms with Gasteiger partial charge in [0.15, 0.2) is 0 Å². The van der Waals surface area contributed by atoms with E-state index in [-0.39, 0.29) is 5.91 Å². The molecule has 1 aromatic rings. The highest BCUT2D eigenvalue weighted by atomic mass is 16.5. The number of amides is 2. The molecule has 0 bridgehead atoms. The summed E-state index contributed by atoms with van der Waals surface area (Å²) in [7, 11) is 0. The van der Waals surface area contributed by atoms with E-state index >= 15 is 0 Å². The summed E-state index contributed by atoms with van der Waals surface area (Å²) in [5.74, 6) is 0.596. The van der Waals surface area contributed by atoms with Crippen LogP contribution in [0.1, 0.15) is 24.4 Å². The number of carbonyl (C=O) groups excluding carboxylic acids is 2. The van der Waals surface area contributed by atoms with Gasteiger partial charge < -0.3 is 9.15 Å².